The number of aliphatic hydroxyl groups is 1. The molecule has 28 heavy (non-hydrogen) atoms. The number of hydrogen-bond donors (Lipinski definition) is 3. The molecule has 2 aromatic rings. The summed E-state index contributed by atoms with van der Waals surface area (Å²) in [5, 5.41) is 15.4. The van der Waals surface area contributed by atoms with Crippen LogP contribution in [0.1, 0.15) is 41.5 Å². The number of hydrogen-bond acceptors (Lipinski definition) is 4. The van der Waals surface area contributed by atoms with E-state index >= 15 is 0 Å². The second kappa shape index (κ2) is 9.32. The van der Waals surface area contributed by atoms with Crippen molar-refractivity contribution in [1.29, 1.82) is 0 Å². The molecule has 0 aliphatic heterocycles. The van der Waals surface area contributed by atoms with Gasteiger partial charge in [0.15, 0.2) is 0 Å². The maximum absolute atomic E-state index is 12.8. The van der Waals surface area contributed by atoms with E-state index in [1.165, 1.54) is 24.3 Å². The van der Waals surface area contributed by atoms with Gasteiger partial charge >= 0.3 is 0 Å². The maximum Gasteiger partial charge on any atom is 0.251 e. The molecular weight excluding hydrogens is 363 g/mol. The van der Waals surface area contributed by atoms with Gasteiger partial charge < -0.3 is 20.5 Å². The Labute approximate surface area is 163 Å². The largest absolute Gasteiger partial charge is 0.491 e. The van der Waals surface area contributed by atoms with Crippen LogP contribution in [0, 0.1) is 5.82 Å². The fraction of sp³-hybridized carbons (Fsp3) is 0.333. The van der Waals surface area contributed by atoms with E-state index in [1.807, 2.05) is 20.8 Å². The molecule has 0 fully saturated rings. The average Bonchev–Trinajstić information content (AvgIpc) is 2.64. The topological polar surface area (TPSA) is 87.7 Å². The lowest BCUT2D eigenvalue weighted by molar-refractivity contribution is 0.0842. The molecule has 0 aliphatic carbocycles. The summed E-state index contributed by atoms with van der Waals surface area (Å²) in [6.07, 6.45) is -0.925. The van der Waals surface area contributed by atoms with Crippen molar-refractivity contribution in [1.82, 2.24) is 10.6 Å². The third kappa shape index (κ3) is 7.00. The first kappa shape index (κ1) is 21.4. The molecule has 0 bridgehead atoms. The van der Waals surface area contributed by atoms with Crippen LogP contribution in [0.3, 0.4) is 0 Å². The van der Waals surface area contributed by atoms with Crippen LogP contribution in [0.15, 0.2) is 48.5 Å². The lowest BCUT2D eigenvalue weighted by Crippen LogP contribution is -2.40. The first-order valence-electron chi connectivity index (χ1n) is 8.91. The van der Waals surface area contributed by atoms with Crippen LogP contribution in [0.5, 0.6) is 5.75 Å². The number of rotatable bonds is 7. The second-order valence-corrected chi connectivity index (χ2v) is 7.41. The van der Waals surface area contributed by atoms with Crippen molar-refractivity contribution >= 4 is 11.8 Å². The first-order chi connectivity index (χ1) is 13.1. The van der Waals surface area contributed by atoms with Crippen LogP contribution >= 0.6 is 0 Å². The van der Waals surface area contributed by atoms with Crippen LogP contribution in [-0.2, 0) is 0 Å². The fourth-order valence-corrected chi connectivity index (χ4v) is 2.28. The summed E-state index contributed by atoms with van der Waals surface area (Å²) in [5.74, 6) is -0.533. The van der Waals surface area contributed by atoms with E-state index < -0.39 is 6.10 Å². The van der Waals surface area contributed by atoms with Crippen molar-refractivity contribution in [3.05, 3.63) is 65.5 Å². The smallest absolute Gasteiger partial charge is 0.251 e. The normalized spacial score (nSPS) is 12.2. The van der Waals surface area contributed by atoms with Gasteiger partial charge in [0, 0.05) is 23.2 Å². The molecule has 1 atom stereocenters. The summed E-state index contributed by atoms with van der Waals surface area (Å²) < 4.78 is 18.2. The van der Waals surface area contributed by atoms with Gasteiger partial charge in [-0.1, -0.05) is 0 Å². The summed E-state index contributed by atoms with van der Waals surface area (Å²) in [4.78, 5) is 24.3. The van der Waals surface area contributed by atoms with Gasteiger partial charge in [0.1, 0.15) is 24.3 Å². The van der Waals surface area contributed by atoms with Gasteiger partial charge in [-0.3, -0.25) is 9.59 Å². The van der Waals surface area contributed by atoms with E-state index in [0.717, 1.165) is 0 Å². The molecule has 3 N–H and O–H groups in total. The Kier molecular flexibility index (Phi) is 7.12. The molecule has 0 radical (unpaired) electrons. The van der Waals surface area contributed by atoms with Gasteiger partial charge in [0.2, 0.25) is 0 Å². The Morgan fingerprint density at radius 1 is 1.00 bits per heavy atom. The average molecular weight is 388 g/mol. The quantitative estimate of drug-likeness (QED) is 0.680. The first-order valence-corrected chi connectivity index (χ1v) is 8.91. The van der Waals surface area contributed by atoms with E-state index in [0.29, 0.717) is 16.9 Å². The number of nitrogens with one attached hydrogen (secondary N) is 2. The van der Waals surface area contributed by atoms with Crippen molar-refractivity contribution < 1.29 is 23.8 Å². The number of amides is 2. The van der Waals surface area contributed by atoms with Crippen LogP contribution in [0.25, 0.3) is 0 Å². The zero-order valence-corrected chi connectivity index (χ0v) is 16.2. The highest BCUT2D eigenvalue weighted by Crippen LogP contribution is 2.11. The molecule has 0 aliphatic rings. The van der Waals surface area contributed by atoms with Crippen LogP contribution in [0.2, 0.25) is 0 Å². The van der Waals surface area contributed by atoms with Gasteiger partial charge in [0.05, 0.1) is 0 Å². The highest BCUT2D eigenvalue weighted by atomic mass is 19.1. The maximum atomic E-state index is 12.8. The van der Waals surface area contributed by atoms with Crippen LogP contribution < -0.4 is 15.4 Å². The molecule has 6 nitrogen and oxygen atoms in total. The predicted octanol–water partition coefficient (Wildman–Crippen LogP) is 2.52. The number of carbonyl (C=O) groups is 2. The summed E-state index contributed by atoms with van der Waals surface area (Å²) in [6.45, 7) is 5.61. The molecule has 0 aromatic heterocycles. The molecule has 1 unspecified atom stereocenters. The monoisotopic (exact) mass is 388 g/mol. The summed E-state index contributed by atoms with van der Waals surface area (Å²) in [7, 11) is 0. The molecule has 2 amide bonds. The van der Waals surface area contributed by atoms with E-state index in [1.54, 1.807) is 24.3 Å². The van der Waals surface area contributed by atoms with Crippen molar-refractivity contribution in [3.8, 4) is 5.75 Å². The van der Waals surface area contributed by atoms with Gasteiger partial charge in [-0.25, -0.2) is 4.39 Å². The third-order valence-electron chi connectivity index (χ3n) is 3.65. The van der Waals surface area contributed by atoms with E-state index in [2.05, 4.69) is 10.6 Å². The zero-order valence-electron chi connectivity index (χ0n) is 16.2. The van der Waals surface area contributed by atoms with Gasteiger partial charge in [-0.05, 0) is 69.3 Å². The van der Waals surface area contributed by atoms with Crippen LogP contribution in [0.4, 0.5) is 4.39 Å². The minimum absolute atomic E-state index is 0.00765. The SMILES string of the molecule is CC(C)(C)NC(=O)c1ccc(C(=O)NCC(O)COc2ccc(F)cc2)cc1. The Hall–Kier alpha value is -2.93. The molecule has 150 valence electrons. The van der Waals surface area contributed by atoms with E-state index in [-0.39, 0.29) is 36.3 Å². The Balaban J connectivity index is 1.80. The molecule has 0 saturated carbocycles. The molecule has 2 rings (SSSR count). The third-order valence-corrected chi connectivity index (χ3v) is 3.65. The van der Waals surface area contributed by atoms with Crippen LogP contribution in [-0.4, -0.2) is 41.7 Å². The number of halogens is 1. The minimum Gasteiger partial charge on any atom is -0.491 e. The number of ether oxygens (including phenoxy) is 1. The van der Waals surface area contributed by atoms with E-state index in [4.69, 9.17) is 4.74 Å². The lowest BCUT2D eigenvalue weighted by Gasteiger charge is -2.20. The Morgan fingerprint density at radius 3 is 2.07 bits per heavy atom. The second-order valence-electron chi connectivity index (χ2n) is 7.41. The highest BCUT2D eigenvalue weighted by Gasteiger charge is 2.16. The molecule has 0 saturated heterocycles. The zero-order chi connectivity index (χ0) is 20.7. The Morgan fingerprint density at radius 2 is 1.54 bits per heavy atom. The fourth-order valence-electron chi connectivity index (χ4n) is 2.28. The van der Waals surface area contributed by atoms with Crippen molar-refractivity contribution in [2.45, 2.75) is 32.4 Å². The molecule has 0 heterocycles. The predicted molar refractivity (Wildman–Crippen MR) is 104 cm³/mol. The van der Waals surface area contributed by atoms with Gasteiger partial charge in [-0.2, -0.15) is 0 Å². The minimum atomic E-state index is -0.925. The highest BCUT2D eigenvalue weighted by molar-refractivity contribution is 5.98. The Bertz CT molecular complexity index is 799. The van der Waals surface area contributed by atoms with Gasteiger partial charge in [0.25, 0.3) is 11.8 Å². The molecule has 2 aromatic carbocycles. The summed E-state index contributed by atoms with van der Waals surface area (Å²) in [5.41, 5.74) is 0.484. The van der Waals surface area contributed by atoms with Crippen molar-refractivity contribution in [2.24, 2.45) is 0 Å². The molecule has 0 spiro atoms. The summed E-state index contributed by atoms with van der Waals surface area (Å²) in [6, 6.07) is 11.7. The van der Waals surface area contributed by atoms with Crippen molar-refractivity contribution in [2.75, 3.05) is 13.2 Å². The molecule has 7 heteroatoms. The number of aliphatic hydroxyl groups excluding tert-OH is 1. The number of carbonyl (C=O) groups excluding carboxylic acids is 2. The van der Waals surface area contributed by atoms with E-state index in [9.17, 15) is 19.1 Å². The van der Waals surface area contributed by atoms with Crippen molar-refractivity contribution in [3.63, 3.8) is 0 Å². The van der Waals surface area contributed by atoms with Gasteiger partial charge in [-0.15, -0.1) is 0 Å². The summed E-state index contributed by atoms with van der Waals surface area (Å²) >= 11 is 0. The number of benzene rings is 2. The lowest BCUT2D eigenvalue weighted by atomic mass is 10.1. The molecular formula is C21H25FN2O4. The standard InChI is InChI=1S/C21H25FN2O4/c1-21(2,3)24-20(27)15-6-4-14(5-7-15)19(26)23-12-17(25)13-28-18-10-8-16(22)9-11-18/h4-11,17,25H,12-13H2,1-3H3,(H,23,26)(H,24,27).